The molecule has 1 N–H and O–H groups in total. The number of fused-ring (bicyclic) bond motifs is 1. The summed E-state index contributed by atoms with van der Waals surface area (Å²) in [5.74, 6) is -0.613. The predicted octanol–water partition coefficient (Wildman–Crippen LogP) is 1.60. The molecule has 0 fully saturated rings. The lowest BCUT2D eigenvalue weighted by Crippen LogP contribution is -2.30. The van der Waals surface area contributed by atoms with Gasteiger partial charge in [0.25, 0.3) is 11.8 Å². The molecule has 0 spiro atoms. The topological polar surface area (TPSA) is 62.3 Å². The molecule has 1 aromatic carbocycles. The van der Waals surface area contributed by atoms with Gasteiger partial charge in [0.2, 0.25) is 0 Å². The lowest BCUT2D eigenvalue weighted by Gasteiger charge is -2.17. The molecule has 100 valence electrons. The number of nitrogens with zero attached hydrogens (tertiary/aromatic N) is 2. The number of benzene rings is 1. The van der Waals surface area contributed by atoms with Crippen LogP contribution in [-0.2, 0) is 6.54 Å². The molecule has 2 amide bonds. The average molecular weight is 267 g/mol. The second kappa shape index (κ2) is 4.86. The Balaban J connectivity index is 2.10. The number of carbonyl (C=O) groups excluding carboxylic acids is 2. The van der Waals surface area contributed by atoms with Gasteiger partial charge in [-0.25, -0.2) is 4.90 Å². The van der Waals surface area contributed by atoms with E-state index in [2.05, 4.69) is 10.3 Å². The number of nitrogens with one attached hydrogen (secondary N) is 1. The van der Waals surface area contributed by atoms with Crippen LogP contribution in [0.25, 0.3) is 0 Å². The SMILES string of the molecule is CNCc1ccccc1N1C(=O)c2ccncc2C1=O. The summed E-state index contributed by atoms with van der Waals surface area (Å²) in [4.78, 5) is 30.0. The highest BCUT2D eigenvalue weighted by atomic mass is 16.2. The van der Waals surface area contributed by atoms with Crippen LogP contribution in [0, 0.1) is 0 Å². The molecular weight excluding hydrogens is 254 g/mol. The number of para-hydroxylation sites is 1. The van der Waals surface area contributed by atoms with Crippen molar-refractivity contribution in [2.45, 2.75) is 6.54 Å². The number of rotatable bonds is 3. The Hall–Kier alpha value is -2.53. The van der Waals surface area contributed by atoms with Crippen molar-refractivity contribution in [3.8, 4) is 0 Å². The lowest BCUT2D eigenvalue weighted by molar-refractivity contribution is 0.0926. The van der Waals surface area contributed by atoms with Crippen molar-refractivity contribution in [2.75, 3.05) is 11.9 Å². The van der Waals surface area contributed by atoms with Gasteiger partial charge in [0.1, 0.15) is 0 Å². The van der Waals surface area contributed by atoms with E-state index in [0.29, 0.717) is 23.4 Å². The summed E-state index contributed by atoms with van der Waals surface area (Å²) in [6, 6.07) is 8.96. The van der Waals surface area contributed by atoms with E-state index < -0.39 is 0 Å². The van der Waals surface area contributed by atoms with Crippen molar-refractivity contribution in [3.63, 3.8) is 0 Å². The highest BCUT2D eigenvalue weighted by molar-refractivity contribution is 6.34. The minimum atomic E-state index is -0.318. The third-order valence-electron chi connectivity index (χ3n) is 3.29. The highest BCUT2D eigenvalue weighted by Gasteiger charge is 2.37. The molecule has 3 rings (SSSR count). The first-order chi connectivity index (χ1) is 9.74. The fourth-order valence-electron chi connectivity index (χ4n) is 2.37. The number of anilines is 1. The van der Waals surface area contributed by atoms with Crippen LogP contribution in [-0.4, -0.2) is 23.8 Å². The summed E-state index contributed by atoms with van der Waals surface area (Å²) < 4.78 is 0. The normalized spacial score (nSPS) is 13.8. The molecule has 5 nitrogen and oxygen atoms in total. The van der Waals surface area contributed by atoms with Gasteiger partial charge >= 0.3 is 0 Å². The van der Waals surface area contributed by atoms with Crippen LogP contribution in [0.15, 0.2) is 42.7 Å². The molecule has 1 aliphatic heterocycles. The molecule has 20 heavy (non-hydrogen) atoms. The summed E-state index contributed by atoms with van der Waals surface area (Å²) in [6.45, 7) is 0.585. The van der Waals surface area contributed by atoms with E-state index in [1.165, 1.54) is 17.3 Å². The zero-order valence-electron chi connectivity index (χ0n) is 11.0. The minimum absolute atomic E-state index is 0.295. The average Bonchev–Trinajstić information content (AvgIpc) is 2.73. The first-order valence-corrected chi connectivity index (χ1v) is 6.29. The fraction of sp³-hybridized carbons (Fsp3) is 0.133. The Morgan fingerprint density at radius 2 is 1.85 bits per heavy atom. The number of hydrogen-bond acceptors (Lipinski definition) is 4. The highest BCUT2D eigenvalue weighted by Crippen LogP contribution is 2.30. The maximum atomic E-state index is 12.4. The fourth-order valence-corrected chi connectivity index (χ4v) is 2.37. The maximum absolute atomic E-state index is 12.4. The minimum Gasteiger partial charge on any atom is -0.316 e. The Morgan fingerprint density at radius 3 is 2.60 bits per heavy atom. The molecule has 1 aliphatic rings. The standard InChI is InChI=1S/C15H13N3O2/c1-16-8-10-4-2-3-5-13(10)18-14(19)11-6-7-17-9-12(11)15(18)20/h2-7,9,16H,8H2,1H3. The summed E-state index contributed by atoms with van der Waals surface area (Å²) in [7, 11) is 1.82. The number of imide groups is 1. The number of aromatic nitrogens is 1. The first kappa shape index (κ1) is 12.5. The molecule has 5 heteroatoms. The van der Waals surface area contributed by atoms with E-state index in [1.54, 1.807) is 12.1 Å². The van der Waals surface area contributed by atoms with E-state index >= 15 is 0 Å². The molecule has 2 aromatic rings. The molecule has 0 saturated carbocycles. The maximum Gasteiger partial charge on any atom is 0.267 e. The number of amides is 2. The summed E-state index contributed by atoms with van der Waals surface area (Å²) in [5.41, 5.74) is 2.28. The van der Waals surface area contributed by atoms with Gasteiger partial charge in [-0.2, -0.15) is 0 Å². The van der Waals surface area contributed by atoms with Crippen LogP contribution in [0.1, 0.15) is 26.3 Å². The van der Waals surface area contributed by atoms with Gasteiger partial charge in [0.05, 0.1) is 16.8 Å². The third-order valence-corrected chi connectivity index (χ3v) is 3.29. The summed E-state index contributed by atoms with van der Waals surface area (Å²) in [6.07, 6.45) is 2.96. The molecule has 0 bridgehead atoms. The van der Waals surface area contributed by atoms with Gasteiger partial charge < -0.3 is 5.32 Å². The van der Waals surface area contributed by atoms with Crippen LogP contribution in [0.2, 0.25) is 0 Å². The van der Waals surface area contributed by atoms with Crippen molar-refractivity contribution in [3.05, 3.63) is 59.4 Å². The van der Waals surface area contributed by atoms with Gasteiger partial charge in [-0.1, -0.05) is 18.2 Å². The quantitative estimate of drug-likeness (QED) is 0.858. The van der Waals surface area contributed by atoms with Gasteiger partial charge in [0.15, 0.2) is 0 Å². The monoisotopic (exact) mass is 267 g/mol. The molecule has 2 heterocycles. The van der Waals surface area contributed by atoms with Crippen molar-refractivity contribution < 1.29 is 9.59 Å². The smallest absolute Gasteiger partial charge is 0.267 e. The van der Waals surface area contributed by atoms with E-state index in [0.717, 1.165) is 5.56 Å². The van der Waals surface area contributed by atoms with Crippen molar-refractivity contribution in [1.29, 1.82) is 0 Å². The Morgan fingerprint density at radius 1 is 1.10 bits per heavy atom. The second-order valence-corrected chi connectivity index (χ2v) is 4.53. The number of pyridine rings is 1. The van der Waals surface area contributed by atoms with Crippen LogP contribution in [0.5, 0.6) is 0 Å². The molecule has 0 saturated heterocycles. The van der Waals surface area contributed by atoms with E-state index in [9.17, 15) is 9.59 Å². The number of hydrogen-bond donors (Lipinski definition) is 1. The molecular formula is C15H13N3O2. The van der Waals surface area contributed by atoms with E-state index in [4.69, 9.17) is 0 Å². The third kappa shape index (κ3) is 1.80. The second-order valence-electron chi connectivity index (χ2n) is 4.53. The van der Waals surface area contributed by atoms with Crippen molar-refractivity contribution in [2.24, 2.45) is 0 Å². The molecule has 0 radical (unpaired) electrons. The Bertz CT molecular complexity index is 662. The van der Waals surface area contributed by atoms with Crippen LogP contribution >= 0.6 is 0 Å². The van der Waals surface area contributed by atoms with Gasteiger partial charge in [-0.15, -0.1) is 0 Å². The van der Waals surface area contributed by atoms with E-state index in [-0.39, 0.29) is 11.8 Å². The zero-order chi connectivity index (χ0) is 14.1. The predicted molar refractivity (Wildman–Crippen MR) is 74.6 cm³/mol. The van der Waals surface area contributed by atoms with Gasteiger partial charge in [0, 0.05) is 18.9 Å². The number of carbonyl (C=O) groups is 2. The molecule has 0 aliphatic carbocycles. The van der Waals surface area contributed by atoms with Crippen molar-refractivity contribution in [1.82, 2.24) is 10.3 Å². The van der Waals surface area contributed by atoms with Gasteiger partial charge in [-0.3, -0.25) is 14.6 Å². The first-order valence-electron chi connectivity index (χ1n) is 6.29. The molecule has 1 aromatic heterocycles. The molecule has 0 atom stereocenters. The summed E-state index contributed by atoms with van der Waals surface area (Å²) >= 11 is 0. The summed E-state index contributed by atoms with van der Waals surface area (Å²) in [5, 5.41) is 3.04. The van der Waals surface area contributed by atoms with Crippen LogP contribution in [0.4, 0.5) is 5.69 Å². The van der Waals surface area contributed by atoms with Crippen LogP contribution in [0.3, 0.4) is 0 Å². The van der Waals surface area contributed by atoms with E-state index in [1.807, 2.05) is 25.2 Å². The Labute approximate surface area is 116 Å². The van der Waals surface area contributed by atoms with Gasteiger partial charge in [-0.05, 0) is 24.7 Å². The van der Waals surface area contributed by atoms with Crippen molar-refractivity contribution >= 4 is 17.5 Å². The van der Waals surface area contributed by atoms with Crippen LogP contribution < -0.4 is 10.2 Å². The lowest BCUT2D eigenvalue weighted by atomic mass is 10.1. The Kier molecular flexibility index (Phi) is 3.04. The molecule has 0 unspecified atom stereocenters. The zero-order valence-corrected chi connectivity index (χ0v) is 11.0. The largest absolute Gasteiger partial charge is 0.316 e.